The van der Waals surface area contributed by atoms with Gasteiger partial charge in [0, 0.05) is 18.3 Å². The molecule has 3 nitrogen and oxygen atoms in total. The Balaban J connectivity index is 2.48. The Morgan fingerprint density at radius 2 is 1.53 bits per heavy atom. The van der Waals surface area contributed by atoms with Gasteiger partial charge in [0.15, 0.2) is 0 Å². The number of rotatable bonds is 0. The van der Waals surface area contributed by atoms with Crippen molar-refractivity contribution in [1.29, 1.82) is 0 Å². The van der Waals surface area contributed by atoms with Gasteiger partial charge in [-0.25, -0.2) is 0 Å². The molecule has 0 bridgehead atoms. The van der Waals surface area contributed by atoms with Gasteiger partial charge in [-0.1, -0.05) is 12.1 Å². The van der Waals surface area contributed by atoms with Gasteiger partial charge in [0.2, 0.25) is 0 Å². The highest BCUT2D eigenvalue weighted by Crippen LogP contribution is 2.17. The van der Waals surface area contributed by atoms with E-state index in [1.54, 1.807) is 0 Å². The molecule has 0 radical (unpaired) electrons. The van der Waals surface area contributed by atoms with Crippen LogP contribution in [0.2, 0.25) is 0 Å². The zero-order valence-electron chi connectivity index (χ0n) is 9.12. The maximum atomic E-state index is 4.44. The quantitative estimate of drug-likeness (QED) is 0.329. The molecule has 0 aliphatic rings. The Hall–Kier alpha value is -2.42. The van der Waals surface area contributed by atoms with Gasteiger partial charge in [-0.2, -0.15) is 0 Å². The van der Waals surface area contributed by atoms with E-state index in [4.69, 9.17) is 0 Å². The number of para-hydroxylation sites is 2. The normalized spacial score (nSPS) is 11.5. The maximum absolute atomic E-state index is 4.44. The molecule has 0 fully saturated rings. The van der Waals surface area contributed by atoms with Crippen LogP contribution >= 0.6 is 0 Å². The van der Waals surface area contributed by atoms with Crippen LogP contribution < -0.4 is 4.52 Å². The molecule has 3 heteroatoms. The molecule has 0 atom stereocenters. The first-order valence-corrected chi connectivity index (χ1v) is 5.60. The second-order valence-corrected chi connectivity index (χ2v) is 4.07. The average Bonchev–Trinajstić information content (AvgIpc) is 2.89. The molecule has 0 unspecified atom stereocenters. The topological polar surface area (TPSA) is 21.4 Å². The van der Waals surface area contributed by atoms with Crippen molar-refractivity contribution < 1.29 is 4.52 Å². The van der Waals surface area contributed by atoms with Crippen LogP contribution in [0.15, 0.2) is 60.9 Å². The smallest absolute Gasteiger partial charge is 0.262 e. The van der Waals surface area contributed by atoms with Gasteiger partial charge in [-0.15, -0.1) is 0 Å². The van der Waals surface area contributed by atoms with Crippen LogP contribution in [0.3, 0.4) is 0 Å². The molecule has 3 heterocycles. The minimum absolute atomic E-state index is 1.12. The third-order valence-corrected chi connectivity index (χ3v) is 3.13. The largest absolute Gasteiger partial charge is 0.305 e. The summed E-state index contributed by atoms with van der Waals surface area (Å²) in [6.45, 7) is 0. The number of hydrogen-bond donors (Lipinski definition) is 0. The van der Waals surface area contributed by atoms with Crippen LogP contribution in [0.4, 0.5) is 0 Å². The van der Waals surface area contributed by atoms with E-state index < -0.39 is 0 Å². The first-order valence-electron chi connectivity index (χ1n) is 5.60. The Morgan fingerprint density at radius 3 is 2.41 bits per heavy atom. The molecule has 17 heavy (non-hydrogen) atoms. The third-order valence-electron chi connectivity index (χ3n) is 3.13. The highest BCUT2D eigenvalue weighted by molar-refractivity contribution is 5.82. The minimum atomic E-state index is 1.12. The molecule has 80 valence electrons. The Morgan fingerprint density at radius 1 is 0.824 bits per heavy atom. The van der Waals surface area contributed by atoms with Crippen molar-refractivity contribution in [1.82, 2.24) is 9.50 Å². The van der Waals surface area contributed by atoms with Gasteiger partial charge in [0.05, 0.1) is 6.20 Å². The monoisotopic (exact) mass is 220 g/mol. The summed E-state index contributed by atoms with van der Waals surface area (Å²) >= 11 is 0. The van der Waals surface area contributed by atoms with Crippen LogP contribution in [-0.2, 0) is 0 Å². The molecule has 4 aromatic rings. The van der Waals surface area contributed by atoms with Gasteiger partial charge >= 0.3 is 0 Å². The van der Waals surface area contributed by atoms with Crippen molar-refractivity contribution in [2.24, 2.45) is 0 Å². The fourth-order valence-electron chi connectivity index (χ4n) is 2.40. The molecule has 0 saturated heterocycles. The first-order chi connectivity index (χ1) is 8.45. The maximum Gasteiger partial charge on any atom is 0.262 e. The molecule has 3 aromatic heterocycles. The van der Waals surface area contributed by atoms with E-state index in [2.05, 4.69) is 52.1 Å². The van der Waals surface area contributed by atoms with Crippen molar-refractivity contribution in [2.75, 3.05) is 0 Å². The first kappa shape index (κ1) is 8.70. The summed E-state index contributed by atoms with van der Waals surface area (Å²) < 4.78 is 4.19. The predicted octanol–water partition coefficient (Wildman–Crippen LogP) is 2.23. The van der Waals surface area contributed by atoms with Crippen molar-refractivity contribution >= 4 is 22.1 Å². The van der Waals surface area contributed by atoms with Gasteiger partial charge in [-0.05, 0) is 33.9 Å². The lowest BCUT2D eigenvalue weighted by molar-refractivity contribution is -0.552. The van der Waals surface area contributed by atoms with Crippen LogP contribution in [0, 0.1) is 0 Å². The lowest BCUT2D eigenvalue weighted by Gasteiger charge is -2.00. The molecular weight excluding hydrogens is 210 g/mol. The van der Waals surface area contributed by atoms with E-state index in [9.17, 15) is 0 Å². The lowest BCUT2D eigenvalue weighted by atomic mass is 10.2. The molecule has 0 aliphatic heterocycles. The fourth-order valence-corrected chi connectivity index (χ4v) is 2.40. The summed E-state index contributed by atoms with van der Waals surface area (Å²) in [6, 6.07) is 16.5. The Labute approximate surface area is 97.5 Å². The van der Waals surface area contributed by atoms with Crippen LogP contribution in [0.5, 0.6) is 0 Å². The highest BCUT2D eigenvalue weighted by Gasteiger charge is 2.15. The summed E-state index contributed by atoms with van der Waals surface area (Å²) in [5, 5.41) is 4.44. The van der Waals surface area contributed by atoms with Crippen molar-refractivity contribution in [2.45, 2.75) is 0 Å². The summed E-state index contributed by atoms with van der Waals surface area (Å²) in [5.74, 6) is 0. The van der Waals surface area contributed by atoms with Crippen LogP contribution in [0.1, 0.15) is 0 Å². The Kier molecular flexibility index (Phi) is 1.56. The zero-order chi connectivity index (χ0) is 11.2. The number of benzene rings is 1. The van der Waals surface area contributed by atoms with Gasteiger partial charge in [-0.3, -0.25) is 0 Å². The van der Waals surface area contributed by atoms with E-state index in [1.807, 2.05) is 22.8 Å². The summed E-state index contributed by atoms with van der Waals surface area (Å²) in [7, 11) is 0. The van der Waals surface area contributed by atoms with Crippen molar-refractivity contribution in [3.05, 3.63) is 60.9 Å². The molecule has 0 aliphatic carbocycles. The average molecular weight is 220 g/mol. The van der Waals surface area contributed by atoms with E-state index in [-0.39, 0.29) is 0 Å². The van der Waals surface area contributed by atoms with Crippen molar-refractivity contribution in [3.63, 3.8) is 0 Å². The summed E-state index contributed by atoms with van der Waals surface area (Å²) in [6.07, 6.45) is 3.91. The van der Waals surface area contributed by atoms with Gasteiger partial charge in [0.1, 0.15) is 11.0 Å². The third kappa shape index (κ3) is 1.05. The second kappa shape index (κ2) is 3.04. The molecule has 0 spiro atoms. The molecule has 0 amide bonds. The molecule has 4 rings (SSSR count). The molecule has 0 N–H and O–H groups in total. The number of hydrogen-bond acceptors (Lipinski definition) is 1. The molecular formula is C14H10N3+. The van der Waals surface area contributed by atoms with Crippen LogP contribution in [-0.4, -0.2) is 9.50 Å². The van der Waals surface area contributed by atoms with Gasteiger partial charge < -0.3 is 4.40 Å². The SMILES string of the molecule is c1ccc2c(c1)n1cccc1c1cccn[n+]21. The predicted molar refractivity (Wildman–Crippen MR) is 65.9 cm³/mol. The highest BCUT2D eigenvalue weighted by atomic mass is 15.2. The number of nitrogens with zero attached hydrogens (tertiary/aromatic N) is 3. The standard InChI is InChI=1S/C14H10N3/c1-2-6-13-11(5-1)16-10-4-8-12(16)14-7-3-9-15-17(13)14/h1-10H/q+1. The molecule has 0 saturated carbocycles. The summed E-state index contributed by atoms with van der Waals surface area (Å²) in [5.41, 5.74) is 4.59. The van der Waals surface area contributed by atoms with E-state index >= 15 is 0 Å². The summed E-state index contributed by atoms with van der Waals surface area (Å²) in [4.78, 5) is 0. The van der Waals surface area contributed by atoms with E-state index in [0.29, 0.717) is 0 Å². The number of aromatic nitrogens is 3. The van der Waals surface area contributed by atoms with E-state index in [1.165, 1.54) is 11.0 Å². The Bertz CT molecular complexity index is 776. The van der Waals surface area contributed by atoms with Crippen LogP contribution in [0.25, 0.3) is 22.1 Å². The van der Waals surface area contributed by atoms with E-state index in [0.717, 1.165) is 11.0 Å². The lowest BCUT2D eigenvalue weighted by Crippen LogP contribution is -2.28. The zero-order valence-corrected chi connectivity index (χ0v) is 9.12. The number of fused-ring (bicyclic) bond motifs is 6. The second-order valence-electron chi connectivity index (χ2n) is 4.07. The minimum Gasteiger partial charge on any atom is -0.305 e. The molecule has 1 aromatic carbocycles. The fraction of sp³-hybridized carbons (Fsp3) is 0. The van der Waals surface area contributed by atoms with Gasteiger partial charge in [0.25, 0.3) is 11.0 Å². The van der Waals surface area contributed by atoms with Crippen molar-refractivity contribution in [3.8, 4) is 0 Å².